The second kappa shape index (κ2) is 6.92. The molecule has 0 aliphatic heterocycles. The molecule has 1 N–H and O–H groups in total. The Kier molecular flexibility index (Phi) is 4.64. The Bertz CT molecular complexity index is 953. The summed E-state index contributed by atoms with van der Waals surface area (Å²) in [6.07, 6.45) is 6.04. The Labute approximate surface area is 153 Å². The molecule has 4 rings (SSSR count). The number of hydrogen-bond acceptors (Lipinski definition) is 7. The highest BCUT2D eigenvalue weighted by molar-refractivity contribution is 7.98. The van der Waals surface area contributed by atoms with E-state index in [4.69, 9.17) is 4.42 Å². The van der Waals surface area contributed by atoms with Crippen molar-refractivity contribution in [1.82, 2.24) is 20.2 Å². The maximum Gasteiger partial charge on any atom is 0.277 e. The molecular formula is C17H20N4O2S2. The van der Waals surface area contributed by atoms with E-state index in [0.717, 1.165) is 34.0 Å². The van der Waals surface area contributed by atoms with Gasteiger partial charge >= 0.3 is 0 Å². The summed E-state index contributed by atoms with van der Waals surface area (Å²) in [6.45, 7) is 3.98. The van der Waals surface area contributed by atoms with Crippen LogP contribution in [0.4, 0.5) is 0 Å². The van der Waals surface area contributed by atoms with Crippen molar-refractivity contribution in [1.29, 1.82) is 0 Å². The molecule has 0 radical (unpaired) electrons. The van der Waals surface area contributed by atoms with Crippen LogP contribution in [0.15, 0.2) is 14.4 Å². The van der Waals surface area contributed by atoms with Crippen molar-refractivity contribution in [3.05, 3.63) is 32.5 Å². The molecule has 132 valence electrons. The Morgan fingerprint density at radius 3 is 2.84 bits per heavy atom. The van der Waals surface area contributed by atoms with Gasteiger partial charge in [-0.25, -0.2) is 4.98 Å². The van der Waals surface area contributed by atoms with E-state index in [2.05, 4.69) is 20.2 Å². The fourth-order valence-electron chi connectivity index (χ4n) is 3.29. The van der Waals surface area contributed by atoms with Crippen LogP contribution < -0.4 is 5.56 Å². The number of nitrogens with one attached hydrogen (secondary N) is 1. The van der Waals surface area contributed by atoms with Gasteiger partial charge in [-0.15, -0.1) is 21.5 Å². The molecule has 6 nitrogen and oxygen atoms in total. The maximum absolute atomic E-state index is 12.3. The first kappa shape index (κ1) is 16.8. The number of aromatic nitrogens is 4. The van der Waals surface area contributed by atoms with Gasteiger partial charge in [-0.3, -0.25) is 4.79 Å². The van der Waals surface area contributed by atoms with Gasteiger partial charge in [-0.1, -0.05) is 31.0 Å². The number of thiophene rings is 1. The van der Waals surface area contributed by atoms with Gasteiger partial charge in [-0.2, -0.15) is 0 Å². The van der Waals surface area contributed by atoms with E-state index in [1.54, 1.807) is 11.3 Å². The summed E-state index contributed by atoms with van der Waals surface area (Å²) < 4.78 is 5.81. The SMILES string of the molecule is Cc1sc2nc(CSc3nnc(C4CCCCC4)o3)[nH]c(=O)c2c1C. The second-order valence-electron chi connectivity index (χ2n) is 6.51. The molecule has 0 aromatic carbocycles. The molecule has 1 saturated carbocycles. The third-order valence-electron chi connectivity index (χ3n) is 4.80. The topological polar surface area (TPSA) is 84.7 Å². The van der Waals surface area contributed by atoms with Crippen molar-refractivity contribution in [2.75, 3.05) is 0 Å². The molecule has 3 heterocycles. The standard InChI is InChI=1S/C17H20N4O2S2/c1-9-10(2)25-16-13(9)14(22)18-12(19-16)8-24-17-21-20-15(23-17)11-6-4-3-5-7-11/h11H,3-8H2,1-2H3,(H,18,19,22). The number of nitrogens with zero attached hydrogens (tertiary/aromatic N) is 3. The van der Waals surface area contributed by atoms with Gasteiger partial charge in [0, 0.05) is 10.8 Å². The summed E-state index contributed by atoms with van der Waals surface area (Å²) in [5.74, 6) is 2.31. The number of hydrogen-bond donors (Lipinski definition) is 1. The third-order valence-corrected chi connectivity index (χ3v) is 6.73. The second-order valence-corrected chi connectivity index (χ2v) is 8.64. The molecule has 1 aliphatic carbocycles. The first-order valence-electron chi connectivity index (χ1n) is 8.57. The lowest BCUT2D eigenvalue weighted by molar-refractivity contribution is 0.334. The monoisotopic (exact) mass is 376 g/mol. The van der Waals surface area contributed by atoms with Crippen molar-refractivity contribution in [3.8, 4) is 0 Å². The summed E-state index contributed by atoms with van der Waals surface area (Å²) in [5.41, 5.74) is 0.942. The molecule has 25 heavy (non-hydrogen) atoms. The highest BCUT2D eigenvalue weighted by Crippen LogP contribution is 2.33. The van der Waals surface area contributed by atoms with Crippen LogP contribution in [0.2, 0.25) is 0 Å². The molecule has 3 aromatic rings. The fraction of sp³-hybridized carbons (Fsp3) is 0.529. The summed E-state index contributed by atoms with van der Waals surface area (Å²) in [7, 11) is 0. The molecule has 0 amide bonds. The van der Waals surface area contributed by atoms with Crippen molar-refractivity contribution < 1.29 is 4.42 Å². The van der Waals surface area contributed by atoms with Crippen LogP contribution in [-0.4, -0.2) is 20.2 Å². The summed E-state index contributed by atoms with van der Waals surface area (Å²) >= 11 is 2.98. The van der Waals surface area contributed by atoms with Gasteiger partial charge in [0.15, 0.2) is 0 Å². The lowest BCUT2D eigenvalue weighted by Crippen LogP contribution is -2.10. The molecule has 1 aliphatic rings. The quantitative estimate of drug-likeness (QED) is 0.683. The molecule has 0 spiro atoms. The zero-order valence-electron chi connectivity index (χ0n) is 14.3. The summed E-state index contributed by atoms with van der Waals surface area (Å²) in [5, 5.41) is 9.59. The van der Waals surface area contributed by atoms with E-state index in [-0.39, 0.29) is 5.56 Å². The van der Waals surface area contributed by atoms with Crippen molar-refractivity contribution in [3.63, 3.8) is 0 Å². The molecule has 0 saturated heterocycles. The minimum Gasteiger partial charge on any atom is -0.416 e. The lowest BCUT2D eigenvalue weighted by atomic mass is 9.89. The van der Waals surface area contributed by atoms with Crippen LogP contribution in [0.3, 0.4) is 0 Å². The van der Waals surface area contributed by atoms with Crippen molar-refractivity contribution in [2.24, 2.45) is 0 Å². The van der Waals surface area contributed by atoms with Crippen LogP contribution in [0.1, 0.15) is 60.2 Å². The predicted molar refractivity (Wildman–Crippen MR) is 99.4 cm³/mol. The Morgan fingerprint density at radius 1 is 1.24 bits per heavy atom. The molecule has 0 bridgehead atoms. The van der Waals surface area contributed by atoms with E-state index in [0.29, 0.717) is 28.1 Å². The van der Waals surface area contributed by atoms with E-state index < -0.39 is 0 Å². The lowest BCUT2D eigenvalue weighted by Gasteiger charge is -2.17. The Balaban J connectivity index is 1.49. The molecular weight excluding hydrogens is 356 g/mol. The number of rotatable bonds is 4. The van der Waals surface area contributed by atoms with Crippen molar-refractivity contribution in [2.45, 2.75) is 62.8 Å². The van der Waals surface area contributed by atoms with E-state index >= 15 is 0 Å². The van der Waals surface area contributed by atoms with E-state index in [1.807, 2.05) is 13.8 Å². The normalized spacial score (nSPS) is 15.9. The zero-order valence-corrected chi connectivity index (χ0v) is 15.9. The average Bonchev–Trinajstić information content (AvgIpc) is 3.19. The Morgan fingerprint density at radius 2 is 2.04 bits per heavy atom. The van der Waals surface area contributed by atoms with Crippen molar-refractivity contribution >= 4 is 33.3 Å². The van der Waals surface area contributed by atoms with Crippen LogP contribution in [0, 0.1) is 13.8 Å². The summed E-state index contributed by atoms with van der Waals surface area (Å²) in [6, 6.07) is 0. The number of H-pyrrole nitrogens is 1. The average molecular weight is 377 g/mol. The number of fused-ring (bicyclic) bond motifs is 1. The summed E-state index contributed by atoms with van der Waals surface area (Å²) in [4.78, 5) is 21.7. The molecule has 8 heteroatoms. The Hall–Kier alpha value is -1.67. The van der Waals surface area contributed by atoms with E-state index in [1.165, 1.54) is 31.0 Å². The minimum atomic E-state index is -0.0733. The number of aryl methyl sites for hydroxylation is 2. The van der Waals surface area contributed by atoms with Gasteiger partial charge in [0.1, 0.15) is 10.7 Å². The van der Waals surface area contributed by atoms with Crippen LogP contribution >= 0.6 is 23.1 Å². The van der Waals surface area contributed by atoms with Crippen LogP contribution in [0.5, 0.6) is 0 Å². The largest absolute Gasteiger partial charge is 0.416 e. The van der Waals surface area contributed by atoms with Gasteiger partial charge < -0.3 is 9.40 Å². The highest BCUT2D eigenvalue weighted by atomic mass is 32.2. The van der Waals surface area contributed by atoms with E-state index in [9.17, 15) is 4.79 Å². The zero-order chi connectivity index (χ0) is 17.4. The number of thioether (sulfide) groups is 1. The predicted octanol–water partition coefficient (Wildman–Crippen LogP) is 4.32. The third kappa shape index (κ3) is 3.37. The fourth-order valence-corrected chi connectivity index (χ4v) is 4.98. The molecule has 0 unspecified atom stereocenters. The van der Waals surface area contributed by atoms with Crippen LogP contribution in [0.25, 0.3) is 10.2 Å². The highest BCUT2D eigenvalue weighted by Gasteiger charge is 2.21. The minimum absolute atomic E-state index is 0.0733. The van der Waals surface area contributed by atoms with Gasteiger partial charge in [0.2, 0.25) is 5.89 Å². The molecule has 1 fully saturated rings. The molecule has 3 aromatic heterocycles. The number of aromatic amines is 1. The van der Waals surface area contributed by atoms with Gasteiger partial charge in [-0.05, 0) is 32.3 Å². The smallest absolute Gasteiger partial charge is 0.277 e. The first-order valence-corrected chi connectivity index (χ1v) is 10.4. The molecule has 0 atom stereocenters. The van der Waals surface area contributed by atoms with Gasteiger partial charge in [0.25, 0.3) is 10.8 Å². The van der Waals surface area contributed by atoms with Crippen LogP contribution in [-0.2, 0) is 5.75 Å². The first-order chi connectivity index (χ1) is 12.1. The maximum atomic E-state index is 12.3. The van der Waals surface area contributed by atoms with Gasteiger partial charge in [0.05, 0.1) is 11.1 Å².